The zero-order valence-corrected chi connectivity index (χ0v) is 16.3. The molecular weight excluding hydrogens is 356 g/mol. The average molecular weight is 380 g/mol. The first-order valence-electron chi connectivity index (χ1n) is 9.88. The molecule has 0 saturated carbocycles. The van der Waals surface area contributed by atoms with Crippen molar-refractivity contribution >= 4 is 18.2 Å². The maximum absolute atomic E-state index is 6.21. The highest BCUT2D eigenvalue weighted by molar-refractivity contribution is 5.70. The van der Waals surface area contributed by atoms with Crippen molar-refractivity contribution < 1.29 is 9.47 Å². The average Bonchev–Trinajstić information content (AvgIpc) is 3.61. The number of hydrogen-bond acceptors (Lipinski definition) is 2. The summed E-state index contributed by atoms with van der Waals surface area (Å²) in [5.41, 5.74) is 4.40. The van der Waals surface area contributed by atoms with Crippen LogP contribution in [0.4, 0.5) is 0 Å². The summed E-state index contributed by atoms with van der Waals surface area (Å²) in [5, 5.41) is 0. The van der Waals surface area contributed by atoms with E-state index >= 15 is 0 Å². The second-order valence-electron chi connectivity index (χ2n) is 6.94. The summed E-state index contributed by atoms with van der Waals surface area (Å²) in [6, 6.07) is 30.9. The third-order valence-corrected chi connectivity index (χ3v) is 4.59. The van der Waals surface area contributed by atoms with Crippen molar-refractivity contribution in [3.63, 3.8) is 0 Å². The number of rotatable bonds is 8. The molecular formula is C27H24O2. The van der Waals surface area contributed by atoms with Crippen LogP contribution < -0.4 is 0 Å². The summed E-state index contributed by atoms with van der Waals surface area (Å²) in [6.07, 6.45) is 8.68. The Hall–Kier alpha value is -3.36. The highest BCUT2D eigenvalue weighted by Crippen LogP contribution is 2.23. The Morgan fingerprint density at radius 2 is 1.28 bits per heavy atom. The molecule has 4 rings (SSSR count). The number of hydrogen-bond donors (Lipinski definition) is 0. The van der Waals surface area contributed by atoms with Gasteiger partial charge in [0.05, 0.1) is 6.61 Å². The molecule has 1 aliphatic heterocycles. The summed E-state index contributed by atoms with van der Waals surface area (Å²) in [4.78, 5) is 0. The number of epoxide rings is 1. The van der Waals surface area contributed by atoms with E-state index in [9.17, 15) is 0 Å². The molecule has 0 aromatic heterocycles. The van der Waals surface area contributed by atoms with Crippen molar-refractivity contribution in [2.45, 2.75) is 6.10 Å². The Morgan fingerprint density at radius 1 is 0.759 bits per heavy atom. The van der Waals surface area contributed by atoms with Crippen LogP contribution in [-0.4, -0.2) is 19.3 Å². The quantitative estimate of drug-likeness (QED) is 0.262. The van der Waals surface area contributed by atoms with Crippen LogP contribution in [0.5, 0.6) is 0 Å². The standard InChI is InChI=1S/C27H24O2/c1-4-10-22(11-5-1)16-17-25(18-23-12-6-2-7-13-23)27(29-21-26-20-28-26)19-24-14-8-3-9-15-24/h1-19,26H,20-21H2. The summed E-state index contributed by atoms with van der Waals surface area (Å²) >= 11 is 0. The molecule has 0 bridgehead atoms. The minimum Gasteiger partial charge on any atom is -0.490 e. The minimum absolute atomic E-state index is 0.199. The van der Waals surface area contributed by atoms with Crippen LogP contribution in [0.3, 0.4) is 0 Å². The third kappa shape index (κ3) is 6.06. The maximum atomic E-state index is 6.21. The fraction of sp³-hybridized carbons (Fsp3) is 0.111. The van der Waals surface area contributed by atoms with Crippen LogP contribution in [0.25, 0.3) is 18.2 Å². The second-order valence-corrected chi connectivity index (χ2v) is 6.94. The Labute approximate surface area is 172 Å². The summed E-state index contributed by atoms with van der Waals surface area (Å²) in [5.74, 6) is 0.836. The zero-order valence-electron chi connectivity index (χ0n) is 16.3. The first kappa shape index (κ1) is 19.0. The highest BCUT2D eigenvalue weighted by Gasteiger charge is 2.23. The molecule has 2 heteroatoms. The lowest BCUT2D eigenvalue weighted by Crippen LogP contribution is -2.03. The van der Waals surface area contributed by atoms with Crippen molar-refractivity contribution in [3.05, 3.63) is 125 Å². The Morgan fingerprint density at radius 3 is 1.83 bits per heavy atom. The second kappa shape index (κ2) is 9.72. The lowest BCUT2D eigenvalue weighted by molar-refractivity contribution is 0.193. The molecule has 1 aliphatic rings. The van der Waals surface area contributed by atoms with Crippen LogP contribution in [0.15, 0.2) is 108 Å². The molecule has 1 saturated heterocycles. The van der Waals surface area contributed by atoms with Crippen molar-refractivity contribution in [2.75, 3.05) is 13.2 Å². The van der Waals surface area contributed by atoms with Gasteiger partial charge in [0.1, 0.15) is 18.5 Å². The molecule has 144 valence electrons. The van der Waals surface area contributed by atoms with Gasteiger partial charge in [-0.05, 0) is 28.8 Å². The number of allylic oxidation sites excluding steroid dienone is 1. The van der Waals surface area contributed by atoms with Crippen LogP contribution in [0.2, 0.25) is 0 Å². The number of benzene rings is 3. The van der Waals surface area contributed by atoms with Gasteiger partial charge in [-0.15, -0.1) is 0 Å². The number of ether oxygens (including phenoxy) is 2. The molecule has 2 nitrogen and oxygen atoms in total. The van der Waals surface area contributed by atoms with Gasteiger partial charge in [0, 0.05) is 5.57 Å². The monoisotopic (exact) mass is 380 g/mol. The fourth-order valence-corrected chi connectivity index (χ4v) is 2.94. The molecule has 1 heterocycles. The van der Waals surface area contributed by atoms with Crippen molar-refractivity contribution in [1.29, 1.82) is 0 Å². The maximum Gasteiger partial charge on any atom is 0.127 e. The summed E-state index contributed by atoms with van der Waals surface area (Å²) in [7, 11) is 0. The Bertz CT molecular complexity index is 982. The molecule has 3 aromatic carbocycles. The summed E-state index contributed by atoms with van der Waals surface area (Å²) < 4.78 is 11.6. The van der Waals surface area contributed by atoms with E-state index < -0.39 is 0 Å². The fourth-order valence-electron chi connectivity index (χ4n) is 2.94. The van der Waals surface area contributed by atoms with Gasteiger partial charge in [-0.25, -0.2) is 0 Å². The van der Waals surface area contributed by atoms with Gasteiger partial charge < -0.3 is 9.47 Å². The van der Waals surface area contributed by atoms with E-state index in [1.165, 1.54) is 0 Å². The van der Waals surface area contributed by atoms with Crippen molar-refractivity contribution in [1.82, 2.24) is 0 Å². The minimum atomic E-state index is 0.199. The Kier molecular flexibility index (Phi) is 6.36. The van der Waals surface area contributed by atoms with Gasteiger partial charge in [-0.1, -0.05) is 103 Å². The SMILES string of the molecule is C(=Cc1ccccc1)C(=Cc1ccccc1)C(=Cc1ccccc1)OCC1CO1. The molecule has 0 radical (unpaired) electrons. The lowest BCUT2D eigenvalue weighted by Gasteiger charge is -2.12. The van der Waals surface area contributed by atoms with E-state index in [-0.39, 0.29) is 6.10 Å². The van der Waals surface area contributed by atoms with Crippen LogP contribution in [0.1, 0.15) is 16.7 Å². The zero-order chi connectivity index (χ0) is 19.7. The highest BCUT2D eigenvalue weighted by atomic mass is 16.6. The molecule has 1 atom stereocenters. The first-order chi connectivity index (χ1) is 14.4. The van der Waals surface area contributed by atoms with Gasteiger partial charge in [0.2, 0.25) is 0 Å². The van der Waals surface area contributed by atoms with Crippen molar-refractivity contribution in [2.24, 2.45) is 0 Å². The van der Waals surface area contributed by atoms with E-state index in [2.05, 4.69) is 60.7 Å². The molecule has 1 fully saturated rings. The van der Waals surface area contributed by atoms with Gasteiger partial charge >= 0.3 is 0 Å². The predicted molar refractivity (Wildman–Crippen MR) is 120 cm³/mol. The largest absolute Gasteiger partial charge is 0.490 e. The molecule has 3 aromatic rings. The molecule has 0 N–H and O–H groups in total. The first-order valence-corrected chi connectivity index (χ1v) is 9.88. The molecule has 29 heavy (non-hydrogen) atoms. The van der Waals surface area contributed by atoms with E-state index in [0.717, 1.165) is 34.6 Å². The van der Waals surface area contributed by atoms with E-state index in [4.69, 9.17) is 9.47 Å². The van der Waals surface area contributed by atoms with E-state index in [0.29, 0.717) is 6.61 Å². The van der Waals surface area contributed by atoms with E-state index in [1.807, 2.05) is 54.6 Å². The van der Waals surface area contributed by atoms with Gasteiger partial charge in [0.15, 0.2) is 0 Å². The van der Waals surface area contributed by atoms with Gasteiger partial charge in [-0.3, -0.25) is 0 Å². The van der Waals surface area contributed by atoms with Crippen LogP contribution in [0, 0.1) is 0 Å². The van der Waals surface area contributed by atoms with E-state index in [1.54, 1.807) is 0 Å². The van der Waals surface area contributed by atoms with Crippen LogP contribution >= 0.6 is 0 Å². The lowest BCUT2D eigenvalue weighted by atomic mass is 10.0. The molecule has 1 unspecified atom stereocenters. The molecule has 0 aliphatic carbocycles. The topological polar surface area (TPSA) is 21.8 Å². The molecule has 0 amide bonds. The van der Waals surface area contributed by atoms with Crippen LogP contribution in [-0.2, 0) is 9.47 Å². The summed E-state index contributed by atoms with van der Waals surface area (Å²) in [6.45, 7) is 1.33. The van der Waals surface area contributed by atoms with Gasteiger partial charge in [0.25, 0.3) is 0 Å². The molecule has 0 spiro atoms. The normalized spacial score (nSPS) is 16.8. The Balaban J connectivity index is 1.71. The third-order valence-electron chi connectivity index (χ3n) is 4.59. The predicted octanol–water partition coefficient (Wildman–Crippen LogP) is 6.24. The smallest absolute Gasteiger partial charge is 0.127 e. The van der Waals surface area contributed by atoms with Crippen molar-refractivity contribution in [3.8, 4) is 0 Å². The van der Waals surface area contributed by atoms with Gasteiger partial charge in [-0.2, -0.15) is 0 Å².